The van der Waals surface area contributed by atoms with Crippen LogP contribution >= 0.6 is 27.5 Å². The van der Waals surface area contributed by atoms with E-state index in [1.807, 2.05) is 4.68 Å². The molecule has 0 saturated heterocycles. The highest BCUT2D eigenvalue weighted by Crippen LogP contribution is 2.38. The molecule has 3 atom stereocenters. The van der Waals surface area contributed by atoms with Gasteiger partial charge in [0, 0.05) is 12.4 Å². The topological polar surface area (TPSA) is 17.8 Å². The van der Waals surface area contributed by atoms with Crippen molar-refractivity contribution in [3.63, 3.8) is 0 Å². The van der Waals surface area contributed by atoms with Crippen LogP contribution in [0.5, 0.6) is 0 Å². The van der Waals surface area contributed by atoms with Crippen molar-refractivity contribution in [3.8, 4) is 0 Å². The van der Waals surface area contributed by atoms with Gasteiger partial charge in [0.05, 0.1) is 15.9 Å². The second kappa shape index (κ2) is 7.31. The summed E-state index contributed by atoms with van der Waals surface area (Å²) in [6, 6.07) is 0. The molecule has 0 aromatic carbocycles. The van der Waals surface area contributed by atoms with Crippen molar-refractivity contribution in [3.05, 3.63) is 15.9 Å². The molecule has 0 spiro atoms. The van der Waals surface area contributed by atoms with Crippen molar-refractivity contribution in [2.24, 2.45) is 18.9 Å². The van der Waals surface area contributed by atoms with E-state index in [0.29, 0.717) is 11.3 Å². The first-order chi connectivity index (χ1) is 9.56. The lowest BCUT2D eigenvalue weighted by atomic mass is 9.77. The van der Waals surface area contributed by atoms with Gasteiger partial charge >= 0.3 is 0 Å². The van der Waals surface area contributed by atoms with E-state index in [1.54, 1.807) is 0 Å². The van der Waals surface area contributed by atoms with Crippen LogP contribution in [0, 0.1) is 11.8 Å². The molecule has 3 unspecified atom stereocenters. The smallest absolute Gasteiger partial charge is 0.0766 e. The molecule has 1 aliphatic rings. The highest BCUT2D eigenvalue weighted by molar-refractivity contribution is 9.10. The van der Waals surface area contributed by atoms with E-state index in [1.165, 1.54) is 42.3 Å². The summed E-state index contributed by atoms with van der Waals surface area (Å²) in [6.07, 6.45) is 8.44. The maximum Gasteiger partial charge on any atom is 0.0766 e. The number of halogens is 2. The summed E-state index contributed by atoms with van der Waals surface area (Å²) in [7, 11) is 2.05. The molecule has 1 saturated carbocycles. The molecule has 20 heavy (non-hydrogen) atoms. The van der Waals surface area contributed by atoms with E-state index >= 15 is 0 Å². The Morgan fingerprint density at radius 3 is 2.70 bits per heavy atom. The molecule has 1 fully saturated rings. The van der Waals surface area contributed by atoms with E-state index in [-0.39, 0.29) is 0 Å². The first-order valence-corrected chi connectivity index (χ1v) is 9.14. The van der Waals surface area contributed by atoms with Gasteiger partial charge in [-0.3, -0.25) is 4.68 Å². The van der Waals surface area contributed by atoms with E-state index in [9.17, 15) is 0 Å². The summed E-state index contributed by atoms with van der Waals surface area (Å²) < 4.78 is 3.24. The molecule has 0 bridgehead atoms. The Morgan fingerprint density at radius 1 is 1.35 bits per heavy atom. The Balaban J connectivity index is 2.09. The van der Waals surface area contributed by atoms with Crippen LogP contribution in [0.2, 0.25) is 0 Å². The lowest BCUT2D eigenvalue weighted by Gasteiger charge is -2.33. The molecule has 0 amide bonds. The van der Waals surface area contributed by atoms with E-state index in [4.69, 9.17) is 11.6 Å². The molecule has 1 aliphatic carbocycles. The Labute approximate surface area is 136 Å². The van der Waals surface area contributed by atoms with Gasteiger partial charge < -0.3 is 0 Å². The first kappa shape index (κ1) is 16.4. The predicted molar refractivity (Wildman–Crippen MR) is 89.4 cm³/mol. The normalized spacial score (nSPS) is 26.9. The van der Waals surface area contributed by atoms with E-state index in [0.717, 1.165) is 24.5 Å². The summed E-state index contributed by atoms with van der Waals surface area (Å²) >= 11 is 10.3. The van der Waals surface area contributed by atoms with Gasteiger partial charge in [-0.25, -0.2) is 0 Å². The van der Waals surface area contributed by atoms with Crippen LogP contribution in [0.4, 0.5) is 0 Å². The van der Waals surface area contributed by atoms with E-state index in [2.05, 4.69) is 41.9 Å². The number of rotatable bonds is 5. The zero-order valence-electron chi connectivity index (χ0n) is 12.8. The summed E-state index contributed by atoms with van der Waals surface area (Å²) in [4.78, 5) is 0. The second-order valence-electron chi connectivity index (χ2n) is 6.13. The summed E-state index contributed by atoms with van der Waals surface area (Å²) in [5.74, 6) is 1.47. The fourth-order valence-corrected chi connectivity index (χ4v) is 4.59. The molecule has 2 nitrogen and oxygen atoms in total. The molecule has 114 valence electrons. The van der Waals surface area contributed by atoms with Crippen LogP contribution in [0.3, 0.4) is 0 Å². The minimum Gasteiger partial charge on any atom is -0.271 e. The first-order valence-electron chi connectivity index (χ1n) is 7.91. The zero-order chi connectivity index (χ0) is 14.7. The van der Waals surface area contributed by atoms with Crippen molar-refractivity contribution < 1.29 is 0 Å². The maximum atomic E-state index is 6.60. The van der Waals surface area contributed by atoms with Gasteiger partial charge in [-0.2, -0.15) is 5.10 Å². The van der Waals surface area contributed by atoms with Crippen molar-refractivity contribution in [2.75, 3.05) is 0 Å². The van der Waals surface area contributed by atoms with Crippen LogP contribution in [-0.2, 0) is 19.9 Å². The third-order valence-corrected chi connectivity index (χ3v) is 6.14. The van der Waals surface area contributed by atoms with Gasteiger partial charge in [0.1, 0.15) is 0 Å². The maximum absolute atomic E-state index is 6.60. The Kier molecular flexibility index (Phi) is 5.97. The molecule has 0 radical (unpaired) electrons. The van der Waals surface area contributed by atoms with Crippen LogP contribution < -0.4 is 0 Å². The van der Waals surface area contributed by atoms with Crippen molar-refractivity contribution in [1.82, 2.24) is 9.78 Å². The number of aromatic nitrogens is 2. The third kappa shape index (κ3) is 3.59. The van der Waals surface area contributed by atoms with Gasteiger partial charge in [0.2, 0.25) is 0 Å². The quantitative estimate of drug-likeness (QED) is 0.666. The minimum atomic E-state index is 0.329. The Morgan fingerprint density at radius 2 is 2.10 bits per heavy atom. The fourth-order valence-electron chi connectivity index (χ4n) is 3.50. The molecular weight excluding hydrogens is 336 g/mol. The number of alkyl halides is 1. The lowest BCUT2D eigenvalue weighted by molar-refractivity contribution is 0.254. The van der Waals surface area contributed by atoms with Crippen LogP contribution in [-0.4, -0.2) is 15.2 Å². The van der Waals surface area contributed by atoms with Gasteiger partial charge in [-0.05, 0) is 59.9 Å². The van der Waals surface area contributed by atoms with Gasteiger partial charge in [0.25, 0.3) is 0 Å². The SMILES string of the molecule is CCCC1CCC(Cl)C(Cc2c(Br)c(CC)nn2C)C1. The van der Waals surface area contributed by atoms with Gasteiger partial charge in [0.15, 0.2) is 0 Å². The summed E-state index contributed by atoms with van der Waals surface area (Å²) in [5.41, 5.74) is 2.48. The number of hydrogen-bond acceptors (Lipinski definition) is 1. The second-order valence-corrected chi connectivity index (χ2v) is 7.49. The summed E-state index contributed by atoms with van der Waals surface area (Å²) in [5, 5.41) is 4.93. The fraction of sp³-hybridized carbons (Fsp3) is 0.812. The van der Waals surface area contributed by atoms with Gasteiger partial charge in [-0.15, -0.1) is 11.6 Å². The third-order valence-electron chi connectivity index (χ3n) is 4.65. The minimum absolute atomic E-state index is 0.329. The largest absolute Gasteiger partial charge is 0.271 e. The molecule has 1 heterocycles. The molecular formula is C16H26BrClN2. The highest BCUT2D eigenvalue weighted by Gasteiger charge is 2.30. The standard InChI is InChI=1S/C16H26BrClN2/c1-4-6-11-7-8-13(18)12(9-11)10-15-16(17)14(5-2)19-20(15)3/h11-13H,4-10H2,1-3H3. The average molecular weight is 362 g/mol. The van der Waals surface area contributed by atoms with Crippen LogP contribution in [0.15, 0.2) is 4.47 Å². The molecule has 1 aromatic rings. The number of aryl methyl sites for hydroxylation is 2. The molecule has 0 N–H and O–H groups in total. The van der Waals surface area contributed by atoms with E-state index < -0.39 is 0 Å². The van der Waals surface area contributed by atoms with Crippen molar-refractivity contribution in [1.29, 1.82) is 0 Å². The Bertz CT molecular complexity index is 444. The summed E-state index contributed by atoms with van der Waals surface area (Å²) in [6.45, 7) is 4.44. The zero-order valence-corrected chi connectivity index (χ0v) is 15.2. The molecule has 2 rings (SSSR count). The van der Waals surface area contributed by atoms with Crippen LogP contribution in [0.25, 0.3) is 0 Å². The van der Waals surface area contributed by atoms with Crippen molar-refractivity contribution in [2.45, 2.75) is 64.2 Å². The lowest BCUT2D eigenvalue weighted by Crippen LogP contribution is -2.27. The monoisotopic (exact) mass is 360 g/mol. The number of hydrogen-bond donors (Lipinski definition) is 0. The average Bonchev–Trinajstić information content (AvgIpc) is 2.70. The van der Waals surface area contributed by atoms with Gasteiger partial charge in [-0.1, -0.05) is 26.7 Å². The van der Waals surface area contributed by atoms with Crippen molar-refractivity contribution >= 4 is 27.5 Å². The highest BCUT2D eigenvalue weighted by atomic mass is 79.9. The Hall–Kier alpha value is -0.0200. The molecule has 0 aliphatic heterocycles. The predicted octanol–water partition coefficient (Wildman–Crippen LogP) is 5.11. The van der Waals surface area contributed by atoms with Crippen LogP contribution in [0.1, 0.15) is 57.3 Å². The molecule has 1 aromatic heterocycles. The number of nitrogens with zero attached hydrogens (tertiary/aromatic N) is 2. The molecule has 4 heteroatoms.